The second-order valence-electron chi connectivity index (χ2n) is 9.81. The molecule has 0 spiro atoms. The molecule has 7 unspecified atom stereocenters. The molecular weight excluding hydrogens is 511 g/mol. The summed E-state index contributed by atoms with van der Waals surface area (Å²) in [5.74, 6) is -2.30. The third-order valence-corrected chi connectivity index (χ3v) is 10.8. The monoisotopic (exact) mass is 529 g/mol. The number of rotatable bonds is 2. The van der Waals surface area contributed by atoms with E-state index in [1.54, 1.807) is 24.2 Å². The molecule has 3 fully saturated rings. The van der Waals surface area contributed by atoms with Crippen LogP contribution in [-0.2, 0) is 15.8 Å². The molecule has 3 aromatic rings. The van der Waals surface area contributed by atoms with Crippen LogP contribution in [0.3, 0.4) is 0 Å². The largest absolute Gasteiger partial charge is 0.416 e. The van der Waals surface area contributed by atoms with Gasteiger partial charge in [0.2, 0.25) is 11.8 Å². The molecule has 7 atom stereocenters. The molecular formula is C25H18F3N3O3S2. The van der Waals surface area contributed by atoms with Gasteiger partial charge in [-0.1, -0.05) is 23.5 Å². The Labute approximate surface area is 210 Å². The highest BCUT2D eigenvalue weighted by Crippen LogP contribution is 2.68. The van der Waals surface area contributed by atoms with Crippen LogP contribution in [-0.4, -0.2) is 27.0 Å². The molecule has 6 nitrogen and oxygen atoms in total. The van der Waals surface area contributed by atoms with Crippen LogP contribution in [0.4, 0.5) is 18.9 Å². The lowest BCUT2D eigenvalue weighted by Gasteiger charge is -2.42. The summed E-state index contributed by atoms with van der Waals surface area (Å²) in [6.07, 6.45) is -0.400. The molecule has 0 radical (unpaired) electrons. The number of carbonyl (C=O) groups excluding carboxylic acids is 2. The first-order chi connectivity index (χ1) is 17.2. The molecule has 2 aliphatic carbocycles. The molecule has 2 amide bonds. The first kappa shape index (κ1) is 22.3. The van der Waals surface area contributed by atoms with E-state index in [-0.39, 0.29) is 39.5 Å². The number of thiazole rings is 1. The van der Waals surface area contributed by atoms with Crippen LogP contribution in [0.5, 0.6) is 0 Å². The fourth-order valence-corrected chi connectivity index (χ4v) is 9.91. The Morgan fingerprint density at radius 2 is 1.81 bits per heavy atom. The minimum atomic E-state index is -4.58. The fraction of sp³-hybridized carbons (Fsp3) is 0.360. The van der Waals surface area contributed by atoms with Crippen LogP contribution in [0.1, 0.15) is 28.3 Å². The number of hydrogen-bond acceptors (Lipinski definition) is 6. The van der Waals surface area contributed by atoms with Crippen molar-refractivity contribution in [3.8, 4) is 0 Å². The van der Waals surface area contributed by atoms with E-state index in [1.165, 1.54) is 23.5 Å². The fourth-order valence-electron chi connectivity index (χ4n) is 7.03. The molecule has 36 heavy (non-hydrogen) atoms. The van der Waals surface area contributed by atoms with Gasteiger partial charge < -0.3 is 4.98 Å². The Kier molecular flexibility index (Phi) is 4.67. The van der Waals surface area contributed by atoms with Gasteiger partial charge >= 0.3 is 11.0 Å². The molecule has 11 heteroatoms. The zero-order valence-electron chi connectivity index (χ0n) is 18.4. The summed E-state index contributed by atoms with van der Waals surface area (Å²) in [6.45, 7) is 0. The molecule has 2 saturated carbocycles. The smallest absolute Gasteiger partial charge is 0.307 e. The molecule has 2 aliphatic heterocycles. The van der Waals surface area contributed by atoms with Crippen LogP contribution in [0.2, 0.25) is 0 Å². The number of pyridine rings is 1. The van der Waals surface area contributed by atoms with Gasteiger partial charge in [0.25, 0.3) is 0 Å². The van der Waals surface area contributed by atoms with Crippen LogP contribution >= 0.6 is 23.1 Å². The first-order valence-electron chi connectivity index (χ1n) is 11.6. The predicted octanol–water partition coefficient (Wildman–Crippen LogP) is 4.53. The zero-order valence-corrected chi connectivity index (χ0v) is 20.1. The number of fused-ring (bicyclic) bond motifs is 9. The normalized spacial score (nSPS) is 32.5. The van der Waals surface area contributed by atoms with E-state index in [4.69, 9.17) is 0 Å². The number of nitrogens with one attached hydrogen (secondary N) is 1. The number of halogens is 3. The maximum absolute atomic E-state index is 13.7. The van der Waals surface area contributed by atoms with E-state index in [0.717, 1.165) is 32.5 Å². The van der Waals surface area contributed by atoms with E-state index < -0.39 is 35.4 Å². The summed E-state index contributed by atoms with van der Waals surface area (Å²) in [4.78, 5) is 48.5. The zero-order chi connectivity index (χ0) is 24.9. The van der Waals surface area contributed by atoms with Crippen molar-refractivity contribution in [2.24, 2.45) is 29.6 Å². The lowest BCUT2D eigenvalue weighted by molar-refractivity contribution is -0.137. The second-order valence-corrected chi connectivity index (χ2v) is 12.0. The van der Waals surface area contributed by atoms with Gasteiger partial charge in [-0.2, -0.15) is 13.2 Å². The lowest BCUT2D eigenvalue weighted by atomic mass is 9.68. The Balaban J connectivity index is 1.30. The number of nitrogens with zero attached hydrogens (tertiary/aromatic N) is 2. The second kappa shape index (κ2) is 7.55. The standard InChI is InChI=1S/C25H18F3N3O3S2/c26-25(27,28)11-4-1-5-12(7-11)31-22(32)17-13-8-14(18(17)23(31)33)19-16(13)15(10-3-2-6-29-9-10)20-21(35-19)30-24(34)36-20/h1-7,9,13-19H,8H2,(H,30,34). The van der Waals surface area contributed by atoms with Gasteiger partial charge in [0, 0.05) is 28.4 Å². The minimum Gasteiger partial charge on any atom is -0.307 e. The SMILES string of the molecule is O=C1C2C3CC(C2C(=O)N1c1cccc(C(F)(F)F)c1)C1C(c2cccnc2)c2sc(=O)[nH]c2SC31. The number of H-pyrrole nitrogens is 1. The van der Waals surface area contributed by atoms with Gasteiger partial charge in [-0.3, -0.25) is 24.3 Å². The van der Waals surface area contributed by atoms with Gasteiger partial charge in [0.15, 0.2) is 0 Å². The highest BCUT2D eigenvalue weighted by Gasteiger charge is 2.69. The van der Waals surface area contributed by atoms with Crippen molar-refractivity contribution in [1.29, 1.82) is 0 Å². The van der Waals surface area contributed by atoms with E-state index in [0.29, 0.717) is 6.42 Å². The average Bonchev–Trinajstić information content (AvgIpc) is 3.58. The Bertz CT molecular complexity index is 1470. The number of amides is 2. The molecule has 184 valence electrons. The van der Waals surface area contributed by atoms with Crippen molar-refractivity contribution in [1.82, 2.24) is 9.97 Å². The molecule has 4 aliphatic rings. The maximum atomic E-state index is 13.7. The molecule has 1 aromatic carbocycles. The summed E-state index contributed by atoms with van der Waals surface area (Å²) in [6, 6.07) is 8.24. The summed E-state index contributed by atoms with van der Waals surface area (Å²) < 4.78 is 40.0. The van der Waals surface area contributed by atoms with E-state index >= 15 is 0 Å². The Hall–Kier alpha value is -2.92. The number of aromatic amines is 1. The number of thioether (sulfide) groups is 1. The van der Waals surface area contributed by atoms with Gasteiger partial charge in [0.1, 0.15) is 0 Å². The van der Waals surface area contributed by atoms with Crippen molar-refractivity contribution in [3.05, 3.63) is 74.5 Å². The molecule has 1 N–H and O–H groups in total. The third-order valence-electron chi connectivity index (χ3n) is 8.20. The number of carbonyl (C=O) groups is 2. The topological polar surface area (TPSA) is 83.1 Å². The summed E-state index contributed by atoms with van der Waals surface area (Å²) in [5.41, 5.74) is 0.0336. The summed E-state index contributed by atoms with van der Waals surface area (Å²) in [7, 11) is 0. The molecule has 2 aromatic heterocycles. The quantitative estimate of drug-likeness (QED) is 0.494. The third kappa shape index (κ3) is 2.98. The van der Waals surface area contributed by atoms with Crippen LogP contribution < -0.4 is 9.77 Å². The highest BCUT2D eigenvalue weighted by atomic mass is 32.2. The van der Waals surface area contributed by atoms with Crippen molar-refractivity contribution in [2.75, 3.05) is 4.90 Å². The molecule has 4 heterocycles. The van der Waals surface area contributed by atoms with Crippen LogP contribution in [0.25, 0.3) is 0 Å². The number of benzene rings is 1. The Morgan fingerprint density at radius 3 is 2.53 bits per heavy atom. The number of alkyl halides is 3. The van der Waals surface area contributed by atoms with Crippen molar-refractivity contribution in [2.45, 2.75) is 28.8 Å². The van der Waals surface area contributed by atoms with Crippen molar-refractivity contribution >= 4 is 40.6 Å². The van der Waals surface area contributed by atoms with Gasteiger partial charge in [0.05, 0.1) is 28.1 Å². The highest BCUT2D eigenvalue weighted by molar-refractivity contribution is 8.00. The average molecular weight is 530 g/mol. The van der Waals surface area contributed by atoms with Crippen LogP contribution in [0.15, 0.2) is 58.6 Å². The van der Waals surface area contributed by atoms with E-state index in [2.05, 4.69) is 9.97 Å². The van der Waals surface area contributed by atoms with Crippen LogP contribution in [0, 0.1) is 29.6 Å². The number of imide groups is 1. The Morgan fingerprint density at radius 1 is 1.03 bits per heavy atom. The molecule has 1 saturated heterocycles. The number of aromatic nitrogens is 2. The molecule has 7 rings (SSSR count). The summed E-state index contributed by atoms with van der Waals surface area (Å²) in [5, 5.41) is 0.813. The molecule has 2 bridgehead atoms. The van der Waals surface area contributed by atoms with E-state index in [1.807, 2.05) is 12.1 Å². The lowest BCUT2D eigenvalue weighted by Crippen LogP contribution is -2.42. The first-order valence-corrected chi connectivity index (χ1v) is 13.3. The maximum Gasteiger partial charge on any atom is 0.416 e. The summed E-state index contributed by atoms with van der Waals surface area (Å²) >= 11 is 2.74. The number of hydrogen-bond donors (Lipinski definition) is 1. The van der Waals surface area contributed by atoms with Gasteiger partial charge in [-0.15, -0.1) is 11.8 Å². The predicted molar refractivity (Wildman–Crippen MR) is 127 cm³/mol. The van der Waals surface area contributed by atoms with Gasteiger partial charge in [-0.05, 0) is 54.0 Å². The minimum absolute atomic E-state index is 0.0115. The van der Waals surface area contributed by atoms with Crippen molar-refractivity contribution < 1.29 is 22.8 Å². The van der Waals surface area contributed by atoms with Crippen molar-refractivity contribution in [3.63, 3.8) is 0 Å². The van der Waals surface area contributed by atoms with Gasteiger partial charge in [-0.25, -0.2) is 0 Å². The number of anilines is 1. The van der Waals surface area contributed by atoms with E-state index in [9.17, 15) is 27.6 Å².